The van der Waals surface area contributed by atoms with Crippen molar-refractivity contribution < 1.29 is 9.53 Å². The maximum Gasteiger partial charge on any atom is 0.224 e. The number of H-pyrrole nitrogens is 1. The van der Waals surface area contributed by atoms with E-state index >= 15 is 0 Å². The maximum atomic E-state index is 12.3. The average molecular weight is 323 g/mol. The minimum Gasteiger partial charge on any atom is -0.475 e. The minimum absolute atomic E-state index is 0.0286. The Labute approximate surface area is 141 Å². The fourth-order valence-corrected chi connectivity index (χ4v) is 2.60. The van der Waals surface area contributed by atoms with Gasteiger partial charge in [0.05, 0.1) is 12.5 Å². The Morgan fingerprint density at radius 1 is 1.21 bits per heavy atom. The first-order chi connectivity index (χ1) is 11.6. The quantitative estimate of drug-likeness (QED) is 0.732. The van der Waals surface area contributed by atoms with Gasteiger partial charge in [-0.25, -0.2) is 4.98 Å². The van der Waals surface area contributed by atoms with Gasteiger partial charge in [0, 0.05) is 35.4 Å². The van der Waals surface area contributed by atoms with Gasteiger partial charge in [0.15, 0.2) is 0 Å². The van der Waals surface area contributed by atoms with Crippen LogP contribution in [-0.4, -0.2) is 22.0 Å². The van der Waals surface area contributed by atoms with Crippen molar-refractivity contribution in [1.29, 1.82) is 0 Å². The molecule has 1 aromatic carbocycles. The van der Waals surface area contributed by atoms with Crippen LogP contribution in [0.3, 0.4) is 0 Å². The molecule has 3 rings (SSSR count). The van der Waals surface area contributed by atoms with Crippen molar-refractivity contribution in [2.45, 2.75) is 32.9 Å². The number of ether oxygens (including phenoxy) is 1. The zero-order chi connectivity index (χ0) is 16.9. The lowest BCUT2D eigenvalue weighted by Crippen LogP contribution is -2.25. The molecule has 0 spiro atoms. The number of pyridine rings is 1. The second-order valence-electron chi connectivity index (χ2n) is 5.95. The fraction of sp³-hybridized carbons (Fsp3) is 0.263. The Morgan fingerprint density at radius 3 is 2.88 bits per heavy atom. The Hall–Kier alpha value is -2.82. The van der Waals surface area contributed by atoms with E-state index in [4.69, 9.17) is 4.74 Å². The van der Waals surface area contributed by atoms with E-state index in [1.54, 1.807) is 6.20 Å². The van der Waals surface area contributed by atoms with Crippen LogP contribution in [0, 0.1) is 0 Å². The van der Waals surface area contributed by atoms with Gasteiger partial charge in [0.2, 0.25) is 11.8 Å². The summed E-state index contributed by atoms with van der Waals surface area (Å²) < 4.78 is 5.67. The molecule has 24 heavy (non-hydrogen) atoms. The first-order valence-corrected chi connectivity index (χ1v) is 8.05. The van der Waals surface area contributed by atoms with Crippen LogP contribution in [0.2, 0.25) is 0 Å². The van der Waals surface area contributed by atoms with E-state index in [0.29, 0.717) is 18.8 Å². The van der Waals surface area contributed by atoms with Crippen molar-refractivity contribution in [1.82, 2.24) is 15.3 Å². The zero-order valence-electron chi connectivity index (χ0n) is 13.9. The van der Waals surface area contributed by atoms with Gasteiger partial charge in [-0.1, -0.05) is 24.3 Å². The number of nitrogens with zero attached hydrogens (tertiary/aromatic N) is 1. The van der Waals surface area contributed by atoms with Crippen molar-refractivity contribution in [3.63, 3.8) is 0 Å². The molecule has 124 valence electrons. The number of carbonyl (C=O) groups is 1. The normalized spacial score (nSPS) is 11.0. The molecule has 0 atom stereocenters. The summed E-state index contributed by atoms with van der Waals surface area (Å²) in [5.74, 6) is 0.541. The van der Waals surface area contributed by atoms with Gasteiger partial charge in [-0.2, -0.15) is 0 Å². The number of fused-ring (bicyclic) bond motifs is 1. The number of para-hydroxylation sites is 1. The van der Waals surface area contributed by atoms with Crippen molar-refractivity contribution in [3.05, 3.63) is 59.9 Å². The monoisotopic (exact) mass is 323 g/mol. The van der Waals surface area contributed by atoms with Gasteiger partial charge in [-0.3, -0.25) is 4.79 Å². The molecule has 2 heterocycles. The van der Waals surface area contributed by atoms with E-state index in [9.17, 15) is 4.79 Å². The highest BCUT2D eigenvalue weighted by Crippen LogP contribution is 2.18. The number of carbonyl (C=O) groups excluding carboxylic acids is 1. The minimum atomic E-state index is -0.0286. The van der Waals surface area contributed by atoms with Crippen LogP contribution < -0.4 is 10.1 Å². The van der Waals surface area contributed by atoms with Gasteiger partial charge >= 0.3 is 0 Å². The summed E-state index contributed by atoms with van der Waals surface area (Å²) in [7, 11) is 0. The van der Waals surface area contributed by atoms with Crippen molar-refractivity contribution in [3.8, 4) is 5.88 Å². The van der Waals surface area contributed by atoms with Crippen LogP contribution in [-0.2, 0) is 17.8 Å². The van der Waals surface area contributed by atoms with Crippen molar-refractivity contribution >= 4 is 16.8 Å². The lowest BCUT2D eigenvalue weighted by atomic mass is 10.1. The molecule has 2 aromatic heterocycles. The van der Waals surface area contributed by atoms with Crippen LogP contribution in [0.5, 0.6) is 5.88 Å². The molecule has 0 unspecified atom stereocenters. The molecule has 0 saturated carbocycles. The molecule has 5 nitrogen and oxygen atoms in total. The number of benzene rings is 1. The van der Waals surface area contributed by atoms with Crippen LogP contribution in [0.4, 0.5) is 0 Å². The molecule has 0 aliphatic carbocycles. The second kappa shape index (κ2) is 7.17. The highest BCUT2D eigenvalue weighted by Gasteiger charge is 2.11. The standard InChI is InChI=1S/C19H21N3O2/c1-13(2)24-19-14(6-5-9-20-19)11-22-18(23)10-15-12-21-17-8-4-3-7-16(15)17/h3-9,12-13,21H,10-11H2,1-2H3,(H,22,23). The summed E-state index contributed by atoms with van der Waals surface area (Å²) in [6, 6.07) is 11.7. The topological polar surface area (TPSA) is 67.0 Å². The largest absolute Gasteiger partial charge is 0.475 e. The van der Waals surface area contributed by atoms with E-state index in [-0.39, 0.29) is 12.0 Å². The van der Waals surface area contributed by atoms with Gasteiger partial charge in [-0.15, -0.1) is 0 Å². The molecule has 0 fully saturated rings. The number of amides is 1. The van der Waals surface area contributed by atoms with Gasteiger partial charge in [-0.05, 0) is 31.5 Å². The molecule has 0 saturated heterocycles. The first-order valence-electron chi connectivity index (χ1n) is 8.05. The molecular formula is C19H21N3O2. The lowest BCUT2D eigenvalue weighted by molar-refractivity contribution is -0.120. The summed E-state index contributed by atoms with van der Waals surface area (Å²) in [5.41, 5.74) is 2.91. The fourth-order valence-electron chi connectivity index (χ4n) is 2.60. The first kappa shape index (κ1) is 16.1. The third-order valence-electron chi connectivity index (χ3n) is 3.70. The van der Waals surface area contributed by atoms with Crippen LogP contribution in [0.25, 0.3) is 10.9 Å². The number of aromatic amines is 1. The number of hydrogen-bond acceptors (Lipinski definition) is 3. The Morgan fingerprint density at radius 2 is 2.04 bits per heavy atom. The number of nitrogens with one attached hydrogen (secondary N) is 2. The van der Waals surface area contributed by atoms with Gasteiger partial charge in [0.1, 0.15) is 0 Å². The summed E-state index contributed by atoms with van der Waals surface area (Å²) in [6.07, 6.45) is 3.96. The van der Waals surface area contributed by atoms with E-state index in [0.717, 1.165) is 22.0 Å². The third kappa shape index (κ3) is 3.74. The molecule has 3 aromatic rings. The van der Waals surface area contributed by atoms with Crippen LogP contribution in [0.1, 0.15) is 25.0 Å². The summed E-state index contributed by atoms with van der Waals surface area (Å²) in [4.78, 5) is 19.7. The number of rotatable bonds is 6. The third-order valence-corrected chi connectivity index (χ3v) is 3.70. The molecule has 0 radical (unpaired) electrons. The summed E-state index contributed by atoms with van der Waals surface area (Å²) >= 11 is 0. The highest BCUT2D eigenvalue weighted by molar-refractivity contribution is 5.88. The molecule has 0 aliphatic rings. The molecule has 0 bridgehead atoms. The van der Waals surface area contributed by atoms with Gasteiger partial charge < -0.3 is 15.0 Å². The smallest absolute Gasteiger partial charge is 0.224 e. The highest BCUT2D eigenvalue weighted by atomic mass is 16.5. The van der Waals surface area contributed by atoms with E-state index < -0.39 is 0 Å². The lowest BCUT2D eigenvalue weighted by Gasteiger charge is -2.13. The Kier molecular flexibility index (Phi) is 4.79. The molecule has 5 heteroatoms. The van der Waals surface area contributed by atoms with Crippen molar-refractivity contribution in [2.24, 2.45) is 0 Å². The van der Waals surface area contributed by atoms with Crippen LogP contribution in [0.15, 0.2) is 48.8 Å². The molecule has 1 amide bonds. The predicted molar refractivity (Wildman–Crippen MR) is 93.9 cm³/mol. The molecule has 2 N–H and O–H groups in total. The van der Waals surface area contributed by atoms with Gasteiger partial charge in [0.25, 0.3) is 0 Å². The SMILES string of the molecule is CC(C)Oc1ncccc1CNC(=O)Cc1c[nH]c2ccccc12. The van der Waals surface area contributed by atoms with E-state index in [1.807, 2.05) is 56.4 Å². The van der Waals surface area contributed by atoms with Crippen LogP contribution >= 0.6 is 0 Å². The van der Waals surface area contributed by atoms with Crippen molar-refractivity contribution in [2.75, 3.05) is 0 Å². The number of aromatic nitrogens is 2. The predicted octanol–water partition coefficient (Wildman–Crippen LogP) is 3.21. The molecule has 0 aliphatic heterocycles. The second-order valence-corrected chi connectivity index (χ2v) is 5.95. The average Bonchev–Trinajstić information content (AvgIpc) is 2.97. The maximum absolute atomic E-state index is 12.3. The Bertz CT molecular complexity index is 839. The summed E-state index contributed by atoms with van der Waals surface area (Å²) in [5, 5.41) is 4.02. The van der Waals surface area contributed by atoms with E-state index in [2.05, 4.69) is 15.3 Å². The summed E-state index contributed by atoms with van der Waals surface area (Å²) in [6.45, 7) is 4.30. The molecular weight excluding hydrogens is 302 g/mol. The zero-order valence-corrected chi connectivity index (χ0v) is 13.9. The Balaban J connectivity index is 1.64. The van der Waals surface area contributed by atoms with E-state index in [1.165, 1.54) is 0 Å². The number of hydrogen-bond donors (Lipinski definition) is 2.